The molecule has 2 rings (SSSR count). The van der Waals surface area contributed by atoms with Crippen molar-refractivity contribution >= 4 is 28.8 Å². The number of esters is 1. The molecule has 102 valence electrons. The van der Waals surface area contributed by atoms with Crippen molar-refractivity contribution in [3.8, 4) is 0 Å². The SMILES string of the molecule is CCOC(=O)C(N)CCSc1nc2ccccc2o1. The Bertz CT molecular complexity index is 523. The Kier molecular flexibility index (Phi) is 4.81. The van der Waals surface area contributed by atoms with Crippen LogP contribution in [0.5, 0.6) is 0 Å². The van der Waals surface area contributed by atoms with Crippen LogP contribution in [0.4, 0.5) is 0 Å². The molecule has 19 heavy (non-hydrogen) atoms. The summed E-state index contributed by atoms with van der Waals surface area (Å²) in [4.78, 5) is 15.7. The Balaban J connectivity index is 1.84. The van der Waals surface area contributed by atoms with Gasteiger partial charge in [-0.05, 0) is 25.5 Å². The van der Waals surface area contributed by atoms with Crippen molar-refractivity contribution in [2.75, 3.05) is 12.4 Å². The number of carbonyl (C=O) groups is 1. The highest BCUT2D eigenvalue weighted by atomic mass is 32.2. The zero-order valence-electron chi connectivity index (χ0n) is 10.7. The molecule has 1 heterocycles. The maximum atomic E-state index is 11.3. The van der Waals surface area contributed by atoms with E-state index in [0.29, 0.717) is 24.0 Å². The van der Waals surface area contributed by atoms with Crippen LogP contribution in [0.1, 0.15) is 13.3 Å². The second-order valence-electron chi connectivity index (χ2n) is 3.94. The molecule has 0 aliphatic heterocycles. The third-order valence-corrected chi connectivity index (χ3v) is 3.38. The van der Waals surface area contributed by atoms with Gasteiger partial charge in [0.1, 0.15) is 11.6 Å². The van der Waals surface area contributed by atoms with E-state index in [1.807, 2.05) is 24.3 Å². The first kappa shape index (κ1) is 13.9. The minimum absolute atomic E-state index is 0.352. The van der Waals surface area contributed by atoms with Crippen LogP contribution in [0.25, 0.3) is 11.1 Å². The average molecular weight is 280 g/mol. The van der Waals surface area contributed by atoms with E-state index in [0.717, 1.165) is 11.1 Å². The Labute approximate surface area is 115 Å². The van der Waals surface area contributed by atoms with E-state index in [9.17, 15) is 4.79 Å². The molecule has 0 bridgehead atoms. The van der Waals surface area contributed by atoms with Crippen molar-refractivity contribution in [3.05, 3.63) is 24.3 Å². The van der Waals surface area contributed by atoms with E-state index in [1.165, 1.54) is 11.8 Å². The molecule has 0 saturated carbocycles. The van der Waals surface area contributed by atoms with Gasteiger partial charge < -0.3 is 14.9 Å². The molecule has 0 spiro atoms. The second-order valence-corrected chi connectivity index (χ2v) is 4.99. The first-order valence-corrected chi connectivity index (χ1v) is 7.10. The minimum Gasteiger partial charge on any atom is -0.465 e. The topological polar surface area (TPSA) is 78.4 Å². The number of thioether (sulfide) groups is 1. The number of fused-ring (bicyclic) bond motifs is 1. The molecule has 0 saturated heterocycles. The van der Waals surface area contributed by atoms with Crippen molar-refractivity contribution in [1.29, 1.82) is 0 Å². The van der Waals surface area contributed by atoms with Crippen LogP contribution < -0.4 is 5.73 Å². The number of nitrogens with two attached hydrogens (primary N) is 1. The molecular weight excluding hydrogens is 264 g/mol. The third-order valence-electron chi connectivity index (χ3n) is 2.52. The largest absolute Gasteiger partial charge is 0.465 e. The lowest BCUT2D eigenvalue weighted by Crippen LogP contribution is -2.32. The molecule has 2 aromatic rings. The molecule has 0 radical (unpaired) electrons. The number of rotatable bonds is 6. The van der Waals surface area contributed by atoms with E-state index in [2.05, 4.69) is 4.98 Å². The fraction of sp³-hybridized carbons (Fsp3) is 0.385. The Morgan fingerprint density at radius 2 is 2.32 bits per heavy atom. The van der Waals surface area contributed by atoms with E-state index in [-0.39, 0.29) is 5.97 Å². The molecule has 0 amide bonds. The van der Waals surface area contributed by atoms with Gasteiger partial charge in [0.25, 0.3) is 5.22 Å². The zero-order valence-corrected chi connectivity index (χ0v) is 11.5. The summed E-state index contributed by atoms with van der Waals surface area (Å²) in [5.41, 5.74) is 7.30. The summed E-state index contributed by atoms with van der Waals surface area (Å²) < 4.78 is 10.4. The lowest BCUT2D eigenvalue weighted by Gasteiger charge is -2.08. The van der Waals surface area contributed by atoms with Gasteiger partial charge in [-0.2, -0.15) is 0 Å². The molecule has 0 aliphatic rings. The lowest BCUT2D eigenvalue weighted by atomic mass is 10.2. The zero-order chi connectivity index (χ0) is 13.7. The number of para-hydroxylation sites is 2. The van der Waals surface area contributed by atoms with Crippen LogP contribution in [-0.4, -0.2) is 29.4 Å². The first-order valence-electron chi connectivity index (χ1n) is 6.11. The summed E-state index contributed by atoms with van der Waals surface area (Å²) in [6.45, 7) is 2.11. The van der Waals surface area contributed by atoms with Crippen LogP contribution in [-0.2, 0) is 9.53 Å². The highest BCUT2D eigenvalue weighted by Crippen LogP contribution is 2.23. The number of aromatic nitrogens is 1. The fourth-order valence-corrected chi connectivity index (χ4v) is 2.41. The maximum absolute atomic E-state index is 11.3. The highest BCUT2D eigenvalue weighted by Gasteiger charge is 2.15. The minimum atomic E-state index is -0.586. The number of nitrogens with zero attached hydrogens (tertiary/aromatic N) is 1. The summed E-state index contributed by atoms with van der Waals surface area (Å²) >= 11 is 1.44. The smallest absolute Gasteiger partial charge is 0.322 e. The van der Waals surface area contributed by atoms with E-state index in [1.54, 1.807) is 6.92 Å². The van der Waals surface area contributed by atoms with Crippen LogP contribution in [0, 0.1) is 0 Å². The van der Waals surface area contributed by atoms with Crippen molar-refractivity contribution in [2.24, 2.45) is 5.73 Å². The molecule has 1 aromatic carbocycles. The summed E-state index contributed by atoms with van der Waals surface area (Å²) in [5.74, 6) is 0.299. The molecule has 1 aromatic heterocycles. The number of benzene rings is 1. The van der Waals surface area contributed by atoms with E-state index < -0.39 is 6.04 Å². The Morgan fingerprint density at radius 3 is 3.05 bits per heavy atom. The van der Waals surface area contributed by atoms with Crippen LogP contribution in [0.2, 0.25) is 0 Å². The number of oxazole rings is 1. The highest BCUT2D eigenvalue weighted by molar-refractivity contribution is 7.99. The maximum Gasteiger partial charge on any atom is 0.322 e. The normalized spacial score (nSPS) is 12.5. The Hall–Kier alpha value is -1.53. The van der Waals surface area contributed by atoms with Gasteiger partial charge in [-0.3, -0.25) is 4.79 Å². The molecule has 1 unspecified atom stereocenters. The molecule has 2 N–H and O–H groups in total. The molecular formula is C13H16N2O3S. The van der Waals surface area contributed by atoms with Gasteiger partial charge in [-0.1, -0.05) is 23.9 Å². The summed E-state index contributed by atoms with van der Waals surface area (Å²) in [7, 11) is 0. The van der Waals surface area contributed by atoms with E-state index in [4.69, 9.17) is 14.9 Å². The summed E-state index contributed by atoms with van der Waals surface area (Å²) in [6.07, 6.45) is 0.530. The van der Waals surface area contributed by atoms with Crippen LogP contribution in [0.15, 0.2) is 33.9 Å². The quantitative estimate of drug-likeness (QED) is 0.645. The van der Waals surface area contributed by atoms with Gasteiger partial charge in [0.05, 0.1) is 6.61 Å². The Morgan fingerprint density at radius 1 is 1.53 bits per heavy atom. The first-order chi connectivity index (χ1) is 9.20. The molecule has 5 nitrogen and oxygen atoms in total. The van der Waals surface area contributed by atoms with Crippen molar-refractivity contribution in [3.63, 3.8) is 0 Å². The number of carbonyl (C=O) groups excluding carboxylic acids is 1. The van der Waals surface area contributed by atoms with Crippen molar-refractivity contribution < 1.29 is 13.9 Å². The molecule has 0 aliphatic carbocycles. The number of hydrogen-bond acceptors (Lipinski definition) is 6. The van der Waals surface area contributed by atoms with Gasteiger partial charge in [-0.25, -0.2) is 4.98 Å². The second kappa shape index (κ2) is 6.58. The predicted molar refractivity (Wildman–Crippen MR) is 74.0 cm³/mol. The summed E-state index contributed by atoms with van der Waals surface area (Å²) in [5, 5.41) is 0.595. The lowest BCUT2D eigenvalue weighted by molar-refractivity contribution is -0.144. The molecule has 1 atom stereocenters. The van der Waals surface area contributed by atoms with E-state index >= 15 is 0 Å². The van der Waals surface area contributed by atoms with Gasteiger partial charge in [0.2, 0.25) is 0 Å². The van der Waals surface area contributed by atoms with Gasteiger partial charge in [-0.15, -0.1) is 0 Å². The third kappa shape index (κ3) is 3.71. The fourth-order valence-electron chi connectivity index (χ4n) is 1.55. The summed E-state index contributed by atoms with van der Waals surface area (Å²) in [6, 6.07) is 7.00. The molecule has 0 fully saturated rings. The van der Waals surface area contributed by atoms with Crippen LogP contribution >= 0.6 is 11.8 Å². The standard InChI is InChI=1S/C13H16N2O3S/c1-2-17-12(16)9(14)7-8-19-13-15-10-5-3-4-6-11(10)18-13/h3-6,9H,2,7-8,14H2,1H3. The number of ether oxygens (including phenoxy) is 1. The average Bonchev–Trinajstić information content (AvgIpc) is 2.81. The molecule has 6 heteroatoms. The van der Waals surface area contributed by atoms with Crippen LogP contribution in [0.3, 0.4) is 0 Å². The predicted octanol–water partition coefficient (Wildman–Crippen LogP) is 2.20. The van der Waals surface area contributed by atoms with Crippen molar-refractivity contribution in [2.45, 2.75) is 24.6 Å². The number of hydrogen-bond donors (Lipinski definition) is 1. The van der Waals surface area contributed by atoms with Gasteiger partial charge >= 0.3 is 5.97 Å². The monoisotopic (exact) mass is 280 g/mol. The van der Waals surface area contributed by atoms with Gasteiger partial charge in [0, 0.05) is 5.75 Å². The van der Waals surface area contributed by atoms with Gasteiger partial charge in [0.15, 0.2) is 5.58 Å². The van der Waals surface area contributed by atoms with Crippen molar-refractivity contribution in [1.82, 2.24) is 4.98 Å².